The Morgan fingerprint density at radius 1 is 1.05 bits per heavy atom. The van der Waals surface area contributed by atoms with Gasteiger partial charge < -0.3 is 10.6 Å². The summed E-state index contributed by atoms with van der Waals surface area (Å²) in [5.74, 6) is 6.46. The molecule has 0 spiro atoms. The first-order valence-electron chi connectivity index (χ1n) is 13.0. The molecule has 10 heteroatoms. The quantitative estimate of drug-likeness (QED) is 0.363. The minimum atomic E-state index is -4.45. The van der Waals surface area contributed by atoms with Gasteiger partial charge in [-0.2, -0.15) is 18.3 Å². The molecule has 0 amide bonds. The van der Waals surface area contributed by atoms with Gasteiger partial charge in [0.25, 0.3) is 0 Å². The summed E-state index contributed by atoms with van der Waals surface area (Å²) in [6, 6.07) is 10.6. The molecule has 206 valence electrons. The number of benzene rings is 2. The highest BCUT2D eigenvalue weighted by atomic mass is 19.4. The molecule has 1 aliphatic rings. The number of nitrogens with zero attached hydrogens (tertiary/aromatic N) is 5. The Labute approximate surface area is 230 Å². The van der Waals surface area contributed by atoms with Gasteiger partial charge in [-0.1, -0.05) is 36.3 Å². The molecular formula is C30H29F3N6O. The summed E-state index contributed by atoms with van der Waals surface area (Å²) in [5.41, 5.74) is 9.33. The van der Waals surface area contributed by atoms with E-state index in [1.165, 1.54) is 18.5 Å². The average Bonchev–Trinajstić information content (AvgIpc) is 3.29. The number of piperidine rings is 1. The summed E-state index contributed by atoms with van der Waals surface area (Å²) in [6.45, 7) is 3.85. The highest BCUT2D eigenvalue weighted by Gasteiger charge is 2.30. The molecule has 0 unspecified atom stereocenters. The zero-order chi connectivity index (χ0) is 28.4. The van der Waals surface area contributed by atoms with Crippen molar-refractivity contribution in [2.24, 2.45) is 0 Å². The van der Waals surface area contributed by atoms with E-state index < -0.39 is 11.7 Å². The normalized spacial score (nSPS) is 14.7. The van der Waals surface area contributed by atoms with Gasteiger partial charge >= 0.3 is 6.18 Å². The SMILES string of the molecule is Cc1ccc(CC(=O)Cc2cccc(C(F)(F)F)c2)cc1C#Cc1nn(C2CCN(C)CC2)c2ncnc(N)c12. The Bertz CT molecular complexity index is 1620. The van der Waals surface area contributed by atoms with Crippen molar-refractivity contribution in [1.82, 2.24) is 24.6 Å². The van der Waals surface area contributed by atoms with E-state index in [-0.39, 0.29) is 24.7 Å². The fraction of sp³-hybridized carbons (Fsp3) is 0.333. The maximum atomic E-state index is 13.0. The molecule has 1 saturated heterocycles. The lowest BCUT2D eigenvalue weighted by molar-refractivity contribution is -0.137. The highest BCUT2D eigenvalue weighted by Crippen LogP contribution is 2.30. The van der Waals surface area contributed by atoms with Crippen LogP contribution in [-0.2, 0) is 23.8 Å². The predicted molar refractivity (Wildman–Crippen MR) is 147 cm³/mol. The molecule has 5 rings (SSSR count). The molecule has 4 aromatic rings. The van der Waals surface area contributed by atoms with Crippen molar-refractivity contribution in [3.8, 4) is 11.8 Å². The number of rotatable bonds is 5. The second-order valence-corrected chi connectivity index (χ2v) is 10.3. The minimum Gasteiger partial charge on any atom is -0.383 e. The van der Waals surface area contributed by atoms with Crippen LogP contribution in [0, 0.1) is 18.8 Å². The molecule has 2 N–H and O–H groups in total. The van der Waals surface area contributed by atoms with Gasteiger partial charge in [0, 0.05) is 18.4 Å². The monoisotopic (exact) mass is 546 g/mol. The third-order valence-electron chi connectivity index (χ3n) is 7.23. The van der Waals surface area contributed by atoms with Gasteiger partial charge in [-0.05, 0) is 74.6 Å². The lowest BCUT2D eigenvalue weighted by atomic mass is 9.98. The van der Waals surface area contributed by atoms with Gasteiger partial charge in [-0.3, -0.25) is 4.79 Å². The number of fused-ring (bicyclic) bond motifs is 1. The van der Waals surface area contributed by atoms with Crippen molar-refractivity contribution in [3.63, 3.8) is 0 Å². The number of alkyl halides is 3. The van der Waals surface area contributed by atoms with Crippen molar-refractivity contribution in [1.29, 1.82) is 0 Å². The Kier molecular flexibility index (Phi) is 7.59. The van der Waals surface area contributed by atoms with Gasteiger partial charge in [0.05, 0.1) is 17.0 Å². The number of aryl methyl sites for hydroxylation is 1. The second-order valence-electron chi connectivity index (χ2n) is 10.3. The van der Waals surface area contributed by atoms with E-state index in [4.69, 9.17) is 10.8 Å². The molecule has 2 aromatic heterocycles. The zero-order valence-corrected chi connectivity index (χ0v) is 22.3. The van der Waals surface area contributed by atoms with Crippen molar-refractivity contribution in [2.45, 2.75) is 44.8 Å². The number of aromatic nitrogens is 4. The molecule has 7 nitrogen and oxygen atoms in total. The Morgan fingerprint density at radius 2 is 1.77 bits per heavy atom. The predicted octanol–water partition coefficient (Wildman–Crippen LogP) is 4.76. The number of hydrogen-bond donors (Lipinski definition) is 1. The van der Waals surface area contributed by atoms with Crippen LogP contribution in [0.4, 0.5) is 19.0 Å². The average molecular weight is 547 g/mol. The van der Waals surface area contributed by atoms with Gasteiger partial charge in [-0.15, -0.1) is 0 Å². The topological polar surface area (TPSA) is 89.9 Å². The lowest BCUT2D eigenvalue weighted by Crippen LogP contribution is -2.32. The van der Waals surface area contributed by atoms with Gasteiger partial charge in [0.15, 0.2) is 5.65 Å². The third-order valence-corrected chi connectivity index (χ3v) is 7.23. The maximum Gasteiger partial charge on any atom is 0.416 e. The standard InChI is InChI=1S/C30H29F3N6O/c1-19-6-7-21(17-25(40)16-20-4-3-5-23(15-20)30(31,32)33)14-22(19)8-9-26-27-28(34)35-18-36-29(27)39(37-26)24-10-12-38(2)13-11-24/h3-7,14-15,18,24H,10-13,16-17H2,1-2H3,(H2,34,35,36). The zero-order valence-electron chi connectivity index (χ0n) is 22.3. The first kappa shape index (κ1) is 27.3. The van der Waals surface area contributed by atoms with E-state index in [0.29, 0.717) is 28.1 Å². The van der Waals surface area contributed by atoms with E-state index in [1.54, 1.807) is 0 Å². The molecule has 0 atom stereocenters. The fourth-order valence-electron chi connectivity index (χ4n) is 4.99. The van der Waals surface area contributed by atoms with E-state index in [2.05, 4.69) is 33.8 Å². The summed E-state index contributed by atoms with van der Waals surface area (Å²) < 4.78 is 41.0. The van der Waals surface area contributed by atoms with Crippen LogP contribution < -0.4 is 5.73 Å². The van der Waals surface area contributed by atoms with Crippen LogP contribution >= 0.6 is 0 Å². The molecular weight excluding hydrogens is 517 g/mol. The number of nitrogen functional groups attached to an aromatic ring is 1. The molecule has 0 saturated carbocycles. The molecule has 0 radical (unpaired) electrons. The van der Waals surface area contributed by atoms with E-state index >= 15 is 0 Å². The first-order chi connectivity index (χ1) is 19.1. The van der Waals surface area contributed by atoms with Crippen molar-refractivity contribution >= 4 is 22.6 Å². The van der Waals surface area contributed by atoms with Crippen LogP contribution in [0.5, 0.6) is 0 Å². The molecule has 0 bridgehead atoms. The highest BCUT2D eigenvalue weighted by molar-refractivity contribution is 5.90. The number of Topliss-reactive ketones (excluding diaryl/α,β-unsaturated/α-hetero) is 1. The summed E-state index contributed by atoms with van der Waals surface area (Å²) in [7, 11) is 2.10. The summed E-state index contributed by atoms with van der Waals surface area (Å²) in [4.78, 5) is 23.6. The lowest BCUT2D eigenvalue weighted by Gasteiger charge is -2.29. The maximum absolute atomic E-state index is 13.0. The molecule has 1 fully saturated rings. The van der Waals surface area contributed by atoms with Crippen molar-refractivity contribution in [2.75, 3.05) is 25.9 Å². The van der Waals surface area contributed by atoms with Crippen molar-refractivity contribution < 1.29 is 18.0 Å². The first-order valence-corrected chi connectivity index (χ1v) is 13.0. The van der Waals surface area contributed by atoms with Crippen LogP contribution in [-0.4, -0.2) is 50.6 Å². The summed E-state index contributed by atoms with van der Waals surface area (Å²) >= 11 is 0. The van der Waals surface area contributed by atoms with Gasteiger partial charge in [0.2, 0.25) is 0 Å². The largest absolute Gasteiger partial charge is 0.416 e. The van der Waals surface area contributed by atoms with Crippen LogP contribution in [0.2, 0.25) is 0 Å². The number of anilines is 1. The summed E-state index contributed by atoms with van der Waals surface area (Å²) in [6.07, 6.45) is -1.13. The number of hydrogen-bond acceptors (Lipinski definition) is 6. The Hall–Kier alpha value is -4.23. The van der Waals surface area contributed by atoms with E-state index in [9.17, 15) is 18.0 Å². The van der Waals surface area contributed by atoms with E-state index in [0.717, 1.165) is 54.8 Å². The minimum absolute atomic E-state index is 0.0830. The molecule has 1 aliphatic heterocycles. The smallest absolute Gasteiger partial charge is 0.383 e. The number of nitrogens with two attached hydrogens (primary N) is 1. The number of likely N-dealkylation sites (tertiary alicyclic amines) is 1. The van der Waals surface area contributed by atoms with Crippen LogP contribution in [0.1, 0.15) is 52.4 Å². The van der Waals surface area contributed by atoms with Crippen LogP contribution in [0.25, 0.3) is 11.0 Å². The molecule has 2 aromatic carbocycles. The van der Waals surface area contributed by atoms with Gasteiger partial charge in [0.1, 0.15) is 23.6 Å². The molecule has 40 heavy (non-hydrogen) atoms. The van der Waals surface area contributed by atoms with Gasteiger partial charge in [-0.25, -0.2) is 14.6 Å². The van der Waals surface area contributed by atoms with Crippen LogP contribution in [0.15, 0.2) is 48.8 Å². The number of carbonyl (C=O) groups is 1. The molecule has 3 heterocycles. The van der Waals surface area contributed by atoms with E-state index in [1.807, 2.05) is 29.8 Å². The number of halogens is 3. The Morgan fingerprint density at radius 3 is 2.50 bits per heavy atom. The van der Waals surface area contributed by atoms with Crippen LogP contribution in [0.3, 0.4) is 0 Å². The number of carbonyl (C=O) groups excluding carboxylic acids is 1. The Balaban J connectivity index is 1.38. The fourth-order valence-corrected chi connectivity index (χ4v) is 4.99. The summed E-state index contributed by atoms with van der Waals surface area (Å²) in [5, 5.41) is 5.42. The third kappa shape index (κ3) is 6.00. The van der Waals surface area contributed by atoms with Crippen molar-refractivity contribution in [3.05, 3.63) is 82.3 Å². The second kappa shape index (κ2) is 11.1. The number of ketones is 1. The molecule has 0 aliphatic carbocycles.